The molecule has 1 saturated carbocycles. The van der Waals surface area contributed by atoms with Gasteiger partial charge in [0.1, 0.15) is 0 Å². The highest BCUT2D eigenvalue weighted by molar-refractivity contribution is 4.83. The molecule has 1 aliphatic carbocycles. The van der Waals surface area contributed by atoms with Gasteiger partial charge in [-0.05, 0) is 32.7 Å². The molecule has 0 amide bonds. The monoisotopic (exact) mass is 183 g/mol. The van der Waals surface area contributed by atoms with Crippen molar-refractivity contribution >= 4 is 0 Å². The molecule has 2 rings (SSSR count). The summed E-state index contributed by atoms with van der Waals surface area (Å²) < 4.78 is 6.18. The molecule has 0 aromatic heterocycles. The van der Waals surface area contributed by atoms with Gasteiger partial charge in [-0.25, -0.2) is 0 Å². The normalized spacial score (nSPS) is 33.5. The van der Waals surface area contributed by atoms with Gasteiger partial charge in [0.05, 0.1) is 11.7 Å². The zero-order valence-corrected chi connectivity index (χ0v) is 8.64. The second-order valence-electron chi connectivity index (χ2n) is 4.74. The van der Waals surface area contributed by atoms with E-state index in [-0.39, 0.29) is 5.60 Å². The summed E-state index contributed by atoms with van der Waals surface area (Å²) in [5.41, 5.74) is 0.203. The van der Waals surface area contributed by atoms with Gasteiger partial charge < -0.3 is 10.1 Å². The van der Waals surface area contributed by atoms with Crippen LogP contribution < -0.4 is 5.32 Å². The van der Waals surface area contributed by atoms with Crippen molar-refractivity contribution in [1.29, 1.82) is 0 Å². The molecule has 0 spiro atoms. The summed E-state index contributed by atoms with van der Waals surface area (Å²) in [4.78, 5) is 0. The summed E-state index contributed by atoms with van der Waals surface area (Å²) in [5, 5.41) is 3.35. The summed E-state index contributed by atoms with van der Waals surface area (Å²) in [6.45, 7) is 4.50. The first kappa shape index (κ1) is 9.47. The van der Waals surface area contributed by atoms with Crippen LogP contribution in [0.1, 0.15) is 45.4 Å². The van der Waals surface area contributed by atoms with Crippen molar-refractivity contribution in [1.82, 2.24) is 5.32 Å². The first-order valence-corrected chi connectivity index (χ1v) is 5.67. The van der Waals surface area contributed by atoms with Crippen LogP contribution in [0.2, 0.25) is 0 Å². The van der Waals surface area contributed by atoms with Gasteiger partial charge in [-0.2, -0.15) is 0 Å². The summed E-state index contributed by atoms with van der Waals surface area (Å²) in [7, 11) is 0. The average molecular weight is 183 g/mol. The molecule has 13 heavy (non-hydrogen) atoms. The first-order chi connectivity index (χ1) is 6.29. The Hall–Kier alpha value is -0.0800. The van der Waals surface area contributed by atoms with Gasteiger partial charge >= 0.3 is 0 Å². The molecule has 2 aliphatic rings. The molecule has 0 aromatic carbocycles. The number of hydrogen-bond acceptors (Lipinski definition) is 2. The Kier molecular flexibility index (Phi) is 2.89. The van der Waals surface area contributed by atoms with Gasteiger partial charge in [0.15, 0.2) is 0 Å². The Morgan fingerprint density at radius 1 is 1.23 bits per heavy atom. The van der Waals surface area contributed by atoms with Crippen molar-refractivity contribution < 1.29 is 4.74 Å². The van der Waals surface area contributed by atoms with Gasteiger partial charge in [-0.15, -0.1) is 0 Å². The summed E-state index contributed by atoms with van der Waals surface area (Å²) in [6.07, 6.45) is 8.35. The predicted molar refractivity (Wildman–Crippen MR) is 53.8 cm³/mol. The highest BCUT2D eigenvalue weighted by Crippen LogP contribution is 2.32. The number of nitrogens with one attached hydrogen (secondary N) is 1. The first-order valence-electron chi connectivity index (χ1n) is 5.67. The fourth-order valence-corrected chi connectivity index (χ4v) is 2.55. The number of hydrogen-bond donors (Lipinski definition) is 1. The highest BCUT2D eigenvalue weighted by atomic mass is 16.5. The maximum absolute atomic E-state index is 6.18. The topological polar surface area (TPSA) is 21.3 Å². The SMILES string of the molecule is CC1(OC2CCNC2)CCCCC1. The Labute approximate surface area is 81.0 Å². The van der Waals surface area contributed by atoms with E-state index >= 15 is 0 Å². The number of rotatable bonds is 2. The van der Waals surface area contributed by atoms with E-state index in [1.165, 1.54) is 38.5 Å². The molecule has 0 bridgehead atoms. The van der Waals surface area contributed by atoms with Crippen LogP contribution in [0, 0.1) is 0 Å². The van der Waals surface area contributed by atoms with E-state index < -0.39 is 0 Å². The van der Waals surface area contributed by atoms with Crippen LogP contribution in [0.25, 0.3) is 0 Å². The highest BCUT2D eigenvalue weighted by Gasteiger charge is 2.31. The molecular weight excluding hydrogens is 162 g/mol. The molecule has 76 valence electrons. The van der Waals surface area contributed by atoms with Crippen molar-refractivity contribution in [2.24, 2.45) is 0 Å². The van der Waals surface area contributed by atoms with E-state index in [0.29, 0.717) is 6.10 Å². The average Bonchev–Trinajstić information content (AvgIpc) is 2.57. The van der Waals surface area contributed by atoms with E-state index in [1.54, 1.807) is 0 Å². The standard InChI is InChI=1S/C11H21NO/c1-11(6-3-2-4-7-11)13-10-5-8-12-9-10/h10,12H,2-9H2,1H3. The molecule has 1 N–H and O–H groups in total. The quantitative estimate of drug-likeness (QED) is 0.707. The molecule has 0 radical (unpaired) electrons. The van der Waals surface area contributed by atoms with Crippen LogP contribution in [0.3, 0.4) is 0 Å². The molecule has 1 aliphatic heterocycles. The zero-order valence-electron chi connectivity index (χ0n) is 8.64. The maximum atomic E-state index is 6.18. The third-order valence-electron chi connectivity index (χ3n) is 3.38. The van der Waals surface area contributed by atoms with Crippen LogP contribution in [-0.4, -0.2) is 24.8 Å². The minimum absolute atomic E-state index is 0.203. The predicted octanol–water partition coefficient (Wildman–Crippen LogP) is 2.09. The summed E-state index contributed by atoms with van der Waals surface area (Å²) in [6, 6.07) is 0. The zero-order chi connectivity index (χ0) is 9.15. The van der Waals surface area contributed by atoms with Crippen LogP contribution >= 0.6 is 0 Å². The van der Waals surface area contributed by atoms with Crippen molar-refractivity contribution in [2.45, 2.75) is 57.2 Å². The lowest BCUT2D eigenvalue weighted by molar-refractivity contribution is -0.0941. The van der Waals surface area contributed by atoms with E-state index in [0.717, 1.165) is 13.1 Å². The van der Waals surface area contributed by atoms with Crippen molar-refractivity contribution in [2.75, 3.05) is 13.1 Å². The largest absolute Gasteiger partial charge is 0.371 e. The minimum Gasteiger partial charge on any atom is -0.371 e. The third kappa shape index (κ3) is 2.44. The van der Waals surface area contributed by atoms with E-state index in [2.05, 4.69) is 12.2 Å². The molecule has 1 saturated heterocycles. The van der Waals surface area contributed by atoms with Gasteiger partial charge in [0, 0.05) is 6.54 Å². The molecule has 2 nitrogen and oxygen atoms in total. The smallest absolute Gasteiger partial charge is 0.0718 e. The Bertz CT molecular complexity index is 157. The Morgan fingerprint density at radius 3 is 2.62 bits per heavy atom. The third-order valence-corrected chi connectivity index (χ3v) is 3.38. The molecule has 1 atom stereocenters. The molecule has 2 fully saturated rings. The van der Waals surface area contributed by atoms with Gasteiger partial charge in [-0.1, -0.05) is 19.3 Å². The van der Waals surface area contributed by atoms with Crippen LogP contribution in [0.4, 0.5) is 0 Å². The second kappa shape index (κ2) is 3.97. The molecule has 1 heterocycles. The Morgan fingerprint density at radius 2 is 2.00 bits per heavy atom. The van der Waals surface area contributed by atoms with Gasteiger partial charge in [0.2, 0.25) is 0 Å². The lowest BCUT2D eigenvalue weighted by Gasteiger charge is -2.36. The van der Waals surface area contributed by atoms with Crippen molar-refractivity contribution in [3.05, 3.63) is 0 Å². The lowest BCUT2D eigenvalue weighted by atomic mass is 9.86. The van der Waals surface area contributed by atoms with Crippen LogP contribution in [0.5, 0.6) is 0 Å². The van der Waals surface area contributed by atoms with Crippen LogP contribution in [-0.2, 0) is 4.74 Å². The van der Waals surface area contributed by atoms with Crippen molar-refractivity contribution in [3.63, 3.8) is 0 Å². The van der Waals surface area contributed by atoms with Gasteiger partial charge in [-0.3, -0.25) is 0 Å². The molecule has 1 unspecified atom stereocenters. The molecule has 2 heteroatoms. The van der Waals surface area contributed by atoms with Crippen LogP contribution in [0.15, 0.2) is 0 Å². The van der Waals surface area contributed by atoms with Gasteiger partial charge in [0.25, 0.3) is 0 Å². The second-order valence-corrected chi connectivity index (χ2v) is 4.74. The van der Waals surface area contributed by atoms with E-state index in [1.807, 2.05) is 0 Å². The number of ether oxygens (including phenoxy) is 1. The molecular formula is C11H21NO. The fourth-order valence-electron chi connectivity index (χ4n) is 2.55. The van der Waals surface area contributed by atoms with E-state index in [9.17, 15) is 0 Å². The summed E-state index contributed by atoms with van der Waals surface area (Å²) in [5.74, 6) is 0. The minimum atomic E-state index is 0.203. The molecule has 0 aromatic rings. The lowest BCUT2D eigenvalue weighted by Crippen LogP contribution is -2.36. The van der Waals surface area contributed by atoms with Crippen molar-refractivity contribution in [3.8, 4) is 0 Å². The van der Waals surface area contributed by atoms with E-state index in [4.69, 9.17) is 4.74 Å². The summed E-state index contributed by atoms with van der Waals surface area (Å²) >= 11 is 0. The maximum Gasteiger partial charge on any atom is 0.0718 e. The fraction of sp³-hybridized carbons (Fsp3) is 1.00. The Balaban J connectivity index is 1.83.